The maximum Gasteiger partial charge on any atom is 0.153 e. The second kappa shape index (κ2) is 9.07. The summed E-state index contributed by atoms with van der Waals surface area (Å²) < 4.78 is 15.2. The van der Waals surface area contributed by atoms with Crippen molar-refractivity contribution in [1.29, 1.82) is 0 Å². The number of benzene rings is 1. The van der Waals surface area contributed by atoms with E-state index in [1.807, 2.05) is 30.4 Å². The summed E-state index contributed by atoms with van der Waals surface area (Å²) in [6.45, 7) is 1.03. The van der Waals surface area contributed by atoms with E-state index in [9.17, 15) is 4.79 Å². The highest BCUT2D eigenvalue weighted by molar-refractivity contribution is 5.84. The Morgan fingerprint density at radius 1 is 0.950 bits per heavy atom. The van der Waals surface area contributed by atoms with Crippen molar-refractivity contribution in [2.75, 3.05) is 34.5 Å². The van der Waals surface area contributed by atoms with Crippen LogP contribution in [-0.2, 0) is 9.47 Å². The molecule has 0 bridgehead atoms. The normalized spacial score (nSPS) is 11.3. The molecule has 0 fully saturated rings. The minimum Gasteiger partial charge on any atom is -0.495 e. The van der Waals surface area contributed by atoms with E-state index in [4.69, 9.17) is 14.2 Å². The Morgan fingerprint density at radius 3 is 2.10 bits per heavy atom. The van der Waals surface area contributed by atoms with Crippen molar-refractivity contribution in [3.8, 4) is 5.75 Å². The van der Waals surface area contributed by atoms with Gasteiger partial charge in [0.2, 0.25) is 0 Å². The summed E-state index contributed by atoms with van der Waals surface area (Å²) in [5.41, 5.74) is 2.28. The summed E-state index contributed by atoms with van der Waals surface area (Å²) in [6, 6.07) is 3.73. The molecular weight excluding hydrogens is 256 g/mol. The maximum atomic E-state index is 11.2. The largest absolute Gasteiger partial charge is 0.495 e. The van der Waals surface area contributed by atoms with Crippen LogP contribution in [-0.4, -0.2) is 40.8 Å². The second-order valence-corrected chi connectivity index (χ2v) is 4.07. The number of ether oxygens (including phenoxy) is 3. The zero-order valence-corrected chi connectivity index (χ0v) is 12.1. The van der Waals surface area contributed by atoms with Crippen LogP contribution in [0.5, 0.6) is 5.75 Å². The van der Waals surface area contributed by atoms with Gasteiger partial charge in [0.25, 0.3) is 0 Å². The molecule has 108 valence electrons. The van der Waals surface area contributed by atoms with Gasteiger partial charge in [-0.2, -0.15) is 0 Å². The SMILES string of the molecule is COC/C=C/c1cc(C=O)c(OC)c(/C=C/COC)c1. The van der Waals surface area contributed by atoms with Crippen molar-refractivity contribution in [2.45, 2.75) is 0 Å². The monoisotopic (exact) mass is 276 g/mol. The second-order valence-electron chi connectivity index (χ2n) is 4.07. The molecule has 0 N–H and O–H groups in total. The smallest absolute Gasteiger partial charge is 0.153 e. The molecule has 0 unspecified atom stereocenters. The highest BCUT2D eigenvalue weighted by atomic mass is 16.5. The number of hydrogen-bond acceptors (Lipinski definition) is 4. The number of hydrogen-bond donors (Lipinski definition) is 0. The summed E-state index contributed by atoms with van der Waals surface area (Å²) in [7, 11) is 4.81. The highest BCUT2D eigenvalue weighted by Gasteiger charge is 2.08. The molecule has 0 saturated carbocycles. The van der Waals surface area contributed by atoms with Crippen molar-refractivity contribution in [2.24, 2.45) is 0 Å². The van der Waals surface area contributed by atoms with Gasteiger partial charge in [0.05, 0.1) is 25.9 Å². The molecule has 0 radical (unpaired) electrons. The Bertz CT molecular complexity index is 489. The topological polar surface area (TPSA) is 44.8 Å². The van der Waals surface area contributed by atoms with E-state index in [1.54, 1.807) is 27.4 Å². The molecule has 4 heteroatoms. The van der Waals surface area contributed by atoms with Crippen LogP contribution < -0.4 is 4.74 Å². The molecule has 4 nitrogen and oxygen atoms in total. The van der Waals surface area contributed by atoms with Crippen LogP contribution in [0.3, 0.4) is 0 Å². The standard InChI is InChI=1S/C16H20O4/c1-18-8-4-6-13-10-14(7-5-9-19-2)16(20-3)15(11-13)12-17/h4-7,10-12H,8-9H2,1-3H3/b6-4+,7-5+. The first-order valence-electron chi connectivity index (χ1n) is 6.25. The Hall–Kier alpha value is -1.91. The van der Waals surface area contributed by atoms with Crippen LogP contribution in [0.25, 0.3) is 12.2 Å². The molecule has 0 heterocycles. The summed E-state index contributed by atoms with van der Waals surface area (Å²) in [5.74, 6) is 0.566. The van der Waals surface area contributed by atoms with Crippen LogP contribution >= 0.6 is 0 Å². The third kappa shape index (κ3) is 4.64. The van der Waals surface area contributed by atoms with E-state index in [0.717, 1.165) is 17.4 Å². The Labute approximate surface area is 119 Å². The molecule has 0 saturated heterocycles. The van der Waals surface area contributed by atoms with Crippen molar-refractivity contribution in [3.05, 3.63) is 41.0 Å². The van der Waals surface area contributed by atoms with Gasteiger partial charge >= 0.3 is 0 Å². The summed E-state index contributed by atoms with van der Waals surface area (Å²) in [5, 5.41) is 0. The molecule has 1 aromatic rings. The fraction of sp³-hybridized carbons (Fsp3) is 0.312. The van der Waals surface area contributed by atoms with E-state index in [0.29, 0.717) is 24.5 Å². The molecule has 0 aliphatic rings. The minimum atomic E-state index is 0.503. The third-order valence-corrected chi connectivity index (χ3v) is 2.63. The van der Waals surface area contributed by atoms with Crippen molar-refractivity contribution in [3.63, 3.8) is 0 Å². The van der Waals surface area contributed by atoms with Gasteiger partial charge in [0.1, 0.15) is 5.75 Å². The molecule has 0 aliphatic heterocycles. The van der Waals surface area contributed by atoms with Crippen molar-refractivity contribution >= 4 is 18.4 Å². The minimum absolute atomic E-state index is 0.503. The predicted molar refractivity (Wildman–Crippen MR) is 80.2 cm³/mol. The average molecular weight is 276 g/mol. The zero-order chi connectivity index (χ0) is 14.8. The van der Waals surface area contributed by atoms with Gasteiger partial charge < -0.3 is 14.2 Å². The van der Waals surface area contributed by atoms with Gasteiger partial charge in [-0.3, -0.25) is 4.79 Å². The fourth-order valence-electron chi connectivity index (χ4n) is 1.79. The lowest BCUT2D eigenvalue weighted by Crippen LogP contribution is -1.95. The molecule has 20 heavy (non-hydrogen) atoms. The number of methoxy groups -OCH3 is 3. The van der Waals surface area contributed by atoms with Crippen molar-refractivity contribution < 1.29 is 19.0 Å². The summed E-state index contributed by atoms with van der Waals surface area (Å²) in [6.07, 6.45) is 8.33. The highest BCUT2D eigenvalue weighted by Crippen LogP contribution is 2.26. The molecule has 1 aromatic carbocycles. The zero-order valence-electron chi connectivity index (χ0n) is 12.1. The number of carbonyl (C=O) groups is 1. The Kier molecular flexibility index (Phi) is 7.32. The molecule has 0 atom stereocenters. The average Bonchev–Trinajstić information content (AvgIpc) is 2.47. The first-order chi connectivity index (χ1) is 9.76. The van der Waals surface area contributed by atoms with Gasteiger partial charge in [0, 0.05) is 19.8 Å². The first kappa shape index (κ1) is 16.1. The van der Waals surface area contributed by atoms with Crippen LogP contribution in [0.2, 0.25) is 0 Å². The maximum absolute atomic E-state index is 11.2. The van der Waals surface area contributed by atoms with Gasteiger partial charge in [-0.05, 0) is 17.7 Å². The lowest BCUT2D eigenvalue weighted by molar-refractivity contribution is 0.112. The quantitative estimate of drug-likeness (QED) is 0.685. The number of rotatable bonds is 8. The lowest BCUT2D eigenvalue weighted by Gasteiger charge is -2.09. The van der Waals surface area contributed by atoms with Crippen LogP contribution in [0, 0.1) is 0 Å². The summed E-state index contributed by atoms with van der Waals surface area (Å²) in [4.78, 5) is 11.2. The molecular formula is C16H20O4. The first-order valence-corrected chi connectivity index (χ1v) is 6.25. The van der Waals surface area contributed by atoms with Crippen LogP contribution in [0.4, 0.5) is 0 Å². The van der Waals surface area contributed by atoms with E-state index in [1.165, 1.54) is 0 Å². The van der Waals surface area contributed by atoms with Crippen LogP contribution in [0.1, 0.15) is 21.5 Å². The lowest BCUT2D eigenvalue weighted by atomic mass is 10.0. The van der Waals surface area contributed by atoms with Crippen LogP contribution in [0.15, 0.2) is 24.3 Å². The Morgan fingerprint density at radius 2 is 1.55 bits per heavy atom. The van der Waals surface area contributed by atoms with Gasteiger partial charge in [-0.25, -0.2) is 0 Å². The fourth-order valence-corrected chi connectivity index (χ4v) is 1.79. The number of aldehydes is 1. The Balaban J connectivity index is 3.16. The number of carbonyl (C=O) groups excluding carboxylic acids is 1. The molecule has 1 rings (SSSR count). The van der Waals surface area contributed by atoms with Gasteiger partial charge in [0.15, 0.2) is 6.29 Å². The van der Waals surface area contributed by atoms with Crippen molar-refractivity contribution in [1.82, 2.24) is 0 Å². The molecule has 0 spiro atoms. The van der Waals surface area contributed by atoms with E-state index in [2.05, 4.69) is 0 Å². The summed E-state index contributed by atoms with van der Waals surface area (Å²) >= 11 is 0. The van der Waals surface area contributed by atoms with Gasteiger partial charge in [-0.1, -0.05) is 24.3 Å². The van der Waals surface area contributed by atoms with E-state index >= 15 is 0 Å². The third-order valence-electron chi connectivity index (χ3n) is 2.63. The predicted octanol–water partition coefficient (Wildman–Crippen LogP) is 2.83. The van der Waals surface area contributed by atoms with Gasteiger partial charge in [-0.15, -0.1) is 0 Å². The van der Waals surface area contributed by atoms with E-state index in [-0.39, 0.29) is 0 Å². The van der Waals surface area contributed by atoms with E-state index < -0.39 is 0 Å². The molecule has 0 aromatic heterocycles. The molecule has 0 aliphatic carbocycles. The molecule has 0 amide bonds.